The molecule has 0 spiro atoms. The van der Waals surface area contributed by atoms with Gasteiger partial charge in [-0.15, -0.1) is 0 Å². The van der Waals surface area contributed by atoms with Crippen LogP contribution in [0.3, 0.4) is 0 Å². The molecule has 4 aliphatic heterocycles. The number of hydrogen-bond acceptors (Lipinski definition) is 4. The van der Waals surface area contributed by atoms with Crippen LogP contribution in [0.1, 0.15) is 267 Å². The normalized spacial score (nSPS) is 71.4. The molecule has 36 fully saturated rings. The lowest BCUT2D eigenvalue weighted by molar-refractivity contribution is -0.439. The maximum Gasteiger partial charge on any atom is 0.0392 e. The summed E-state index contributed by atoms with van der Waals surface area (Å²) in [5.41, 5.74) is 8.48. The lowest BCUT2D eigenvalue weighted by Crippen LogP contribution is -2.87. The van der Waals surface area contributed by atoms with Crippen molar-refractivity contribution in [2.24, 2.45) is 473 Å². The molecule has 40 aliphatic rings. The summed E-state index contributed by atoms with van der Waals surface area (Å²) in [6, 6.07) is 0. The third-order valence-corrected chi connectivity index (χ3v) is 65.0. The summed E-state index contributed by atoms with van der Waals surface area (Å²) in [7, 11) is 0. The van der Waals surface area contributed by atoms with Crippen molar-refractivity contribution in [2.45, 2.75) is 267 Å². The molecule has 0 N–H and O–H groups in total. The first-order valence-corrected chi connectivity index (χ1v) is 61.6. The van der Waals surface area contributed by atoms with Crippen molar-refractivity contribution in [3.8, 4) is 0 Å². The number of aliphatic imine (C=N–C) groups is 4. The first kappa shape index (κ1) is 74.6. The molecule has 0 aromatic heterocycles. The molecule has 73 unspecified atom stereocenters. The average Bonchev–Trinajstić information content (AvgIpc) is 0.700. The second-order valence-corrected chi connectivity index (χ2v) is 65.0. The van der Waals surface area contributed by atoms with Gasteiger partial charge < -0.3 is 0 Å². The topological polar surface area (TPSA) is 49.4 Å². The van der Waals surface area contributed by atoms with Crippen molar-refractivity contribution in [1.29, 1.82) is 0 Å². The van der Waals surface area contributed by atoms with Crippen molar-refractivity contribution in [2.75, 3.05) is 26.2 Å². The Kier molecular flexibility index (Phi) is 13.3. The second-order valence-electron chi connectivity index (χ2n) is 65.0. The fourth-order valence-corrected chi connectivity index (χ4v) is 66.8. The zero-order chi connectivity index (χ0) is 83.4. The molecule has 130 heavy (non-hydrogen) atoms. The molecular weight excluding hydrogens is 1570 g/mol. The zero-order valence-electron chi connectivity index (χ0n) is 82.0. The first-order valence-electron chi connectivity index (χ1n) is 61.6. The highest BCUT2D eigenvalue weighted by atomic mass is 15.0. The molecule has 0 amide bonds. The lowest BCUT2D eigenvalue weighted by Gasteiger charge is -2.91. The summed E-state index contributed by atoms with van der Waals surface area (Å²) in [6.45, 7) is 27.8. The van der Waals surface area contributed by atoms with E-state index in [0.717, 1.165) is 375 Å². The van der Waals surface area contributed by atoms with E-state index in [1.807, 2.05) is 0 Å². The van der Waals surface area contributed by atoms with Crippen molar-refractivity contribution in [3.05, 3.63) is 0 Å². The van der Waals surface area contributed by atoms with E-state index in [2.05, 4.69) is 55.4 Å². The van der Waals surface area contributed by atoms with Crippen LogP contribution in [-0.4, -0.2) is 49.0 Å². The Balaban J connectivity index is 0.533. The fraction of sp³-hybridized carbons (Fsp3) is 0.968. The largest absolute Gasteiger partial charge is 0.294 e. The van der Waals surface area contributed by atoms with E-state index < -0.39 is 0 Å². The minimum atomic E-state index is 0.244. The van der Waals surface area contributed by atoms with E-state index in [4.69, 9.17) is 20.0 Å². The van der Waals surface area contributed by atoms with Crippen LogP contribution in [0.2, 0.25) is 0 Å². The van der Waals surface area contributed by atoms with Gasteiger partial charge in [0.15, 0.2) is 0 Å². The minimum Gasteiger partial charge on any atom is -0.294 e. The van der Waals surface area contributed by atoms with Gasteiger partial charge in [-0.05, 0) is 643 Å². The zero-order valence-corrected chi connectivity index (χ0v) is 82.0. The van der Waals surface area contributed by atoms with E-state index >= 15 is 0 Å². The summed E-state index contributed by atoms with van der Waals surface area (Å²) in [5.74, 6) is 79.6. The van der Waals surface area contributed by atoms with E-state index in [0.29, 0.717) is 5.41 Å². The summed E-state index contributed by atoms with van der Waals surface area (Å²) in [4.78, 5) is 23.0. The fourth-order valence-electron chi connectivity index (χ4n) is 66.8. The predicted molar refractivity (Wildman–Crippen MR) is 510 cm³/mol. The highest BCUT2D eigenvalue weighted by Gasteiger charge is 2.93. The molecule has 40 rings (SSSR count). The molecule has 73 atom stereocenters. The average molecular weight is 1740 g/mol. The Hall–Kier alpha value is -1.32. The Morgan fingerprint density at radius 3 is 0.846 bits per heavy atom. The van der Waals surface area contributed by atoms with E-state index in [-0.39, 0.29) is 21.7 Å². The van der Waals surface area contributed by atoms with Gasteiger partial charge in [-0.3, -0.25) is 20.0 Å². The summed E-state index contributed by atoms with van der Waals surface area (Å²) >= 11 is 0. The standard InChI is InChI=1S/C126H170N4/c1-122(2,70-13-9-21-127-70)65-40-60-37-58-35-57-34-55-32-54-33-56-36-59-38-62-44-69(124(5,6)72-15-11-23-129-72)67-43-63-42-66-68(123(3,4)71-14-10-22-128-71)18-17-46-25-48-27-50-29-52-31-53-30-51-28-49-26-47-19-20-126(125(7,8)73-16-12-24-130-73)45-64-39-61(41-65)74(60)93-77(58)105-87(57)103-85(55)101-83(54)99-81(56)97-79(59)95-76(62)92(67)107-89(63)94(75(46)66)78(48)96-80(50)98-82(52)100-84(53)102-86(51)104-88(49)106-91(47)121(126)120(90(64)93)119(105)118(106)117(103)116(104)115(101)114(102)113(99)112(100)111(97)110(98)109(95)108(96)107/h46-69,74-121H,9-45H2,1-8H3. The van der Waals surface area contributed by atoms with Gasteiger partial charge in [0.05, 0.1) is 0 Å². The van der Waals surface area contributed by atoms with E-state index in [9.17, 15) is 0 Å². The number of nitrogens with zero attached hydrogens (tertiary/aromatic N) is 4. The molecule has 694 valence electrons. The van der Waals surface area contributed by atoms with Gasteiger partial charge in [-0.25, -0.2) is 0 Å². The summed E-state index contributed by atoms with van der Waals surface area (Å²) < 4.78 is 0. The van der Waals surface area contributed by atoms with Crippen LogP contribution in [0, 0.1) is 453 Å². The van der Waals surface area contributed by atoms with Crippen LogP contribution in [0.4, 0.5) is 0 Å². The second kappa shape index (κ2) is 23.1. The third-order valence-electron chi connectivity index (χ3n) is 65.0. The Morgan fingerprint density at radius 2 is 0.462 bits per heavy atom. The monoisotopic (exact) mass is 1740 g/mol. The SMILES string of the molecule is CC(C)(C1=NCCC1)C1CC2CC3CC4CC5CC6CC7CC8CC9CC(C(C)(C)C%10=NCCC%10)C%10CC%11CC%12C%13C(CCC%12C(C)(C)C%12=NCCC%12)CC%12CC%14CC%15CC%16CC%17CC%18CC%19CCC%20(C(C)(C)C%21=NCCC%21)CC%21CC(C1)C2C1C3C2C4C3C5C4C6C5C7C6C8C7C9C%10C8C%11C%13C%12C9C%14C%10C%15C%11C%16C%12C%17C%13C%18C%14C(C3C%13C4C%12C5C%11C6C%10C7C98)C2C(C%211)C%20C%19%14. The molecule has 4 nitrogen and oxygen atoms in total. The Bertz CT molecular complexity index is 5210. The van der Waals surface area contributed by atoms with Crippen LogP contribution in [0.15, 0.2) is 20.0 Å². The molecule has 36 aliphatic carbocycles. The van der Waals surface area contributed by atoms with Crippen LogP contribution in [0.25, 0.3) is 0 Å². The molecule has 4 heteroatoms. The van der Waals surface area contributed by atoms with Crippen molar-refractivity contribution in [3.63, 3.8) is 0 Å². The smallest absolute Gasteiger partial charge is 0.0392 e. The molecular formula is C126H170N4. The molecule has 36 saturated carbocycles. The van der Waals surface area contributed by atoms with Crippen LogP contribution >= 0.6 is 0 Å². The Morgan fingerprint density at radius 1 is 0.200 bits per heavy atom. The summed E-state index contributed by atoms with van der Waals surface area (Å²) in [6.07, 6.45) is 53.5. The van der Waals surface area contributed by atoms with Crippen LogP contribution in [-0.2, 0) is 0 Å². The molecule has 0 saturated heterocycles. The van der Waals surface area contributed by atoms with Gasteiger partial charge in [-0.2, -0.15) is 0 Å². The van der Waals surface area contributed by atoms with Gasteiger partial charge in [0, 0.05) is 70.7 Å². The van der Waals surface area contributed by atoms with Crippen LogP contribution in [0.5, 0.6) is 0 Å². The molecule has 0 radical (unpaired) electrons. The predicted octanol–water partition coefficient (Wildman–Crippen LogP) is 25.6. The maximum atomic E-state index is 5.98. The van der Waals surface area contributed by atoms with Gasteiger partial charge >= 0.3 is 0 Å². The number of hydrogen-bond donors (Lipinski definition) is 0. The van der Waals surface area contributed by atoms with Gasteiger partial charge in [-0.1, -0.05) is 55.4 Å². The van der Waals surface area contributed by atoms with Crippen molar-refractivity contribution < 1.29 is 0 Å². The minimum absolute atomic E-state index is 0.244. The highest BCUT2D eigenvalue weighted by Crippen LogP contribution is 2.98. The summed E-state index contributed by atoms with van der Waals surface area (Å²) in [5, 5.41) is 0. The van der Waals surface area contributed by atoms with E-state index in [1.165, 1.54) is 128 Å². The Labute approximate surface area is 784 Å². The maximum absolute atomic E-state index is 5.98. The highest BCUT2D eigenvalue weighted by molar-refractivity contribution is 5.93. The number of rotatable bonds is 8. The van der Waals surface area contributed by atoms with Crippen molar-refractivity contribution >= 4 is 22.8 Å². The molecule has 0 aromatic rings. The molecule has 4 heterocycles. The first-order chi connectivity index (χ1) is 63.5. The van der Waals surface area contributed by atoms with Gasteiger partial charge in [0.2, 0.25) is 0 Å². The quantitative estimate of drug-likeness (QED) is 0.233. The third kappa shape index (κ3) is 7.52. The van der Waals surface area contributed by atoms with Crippen molar-refractivity contribution in [1.82, 2.24) is 0 Å². The van der Waals surface area contributed by atoms with Gasteiger partial charge in [0.1, 0.15) is 0 Å². The van der Waals surface area contributed by atoms with Crippen LogP contribution < -0.4 is 0 Å². The molecule has 0 bridgehead atoms. The molecule has 0 aromatic carbocycles. The van der Waals surface area contributed by atoms with E-state index in [1.54, 1.807) is 183 Å². The lowest BCUT2D eigenvalue weighted by atomic mass is 9.13. The van der Waals surface area contributed by atoms with Gasteiger partial charge in [0.25, 0.3) is 0 Å².